The van der Waals surface area contributed by atoms with E-state index in [1.165, 1.54) is 32.2 Å². The van der Waals surface area contributed by atoms with Crippen molar-refractivity contribution in [3.63, 3.8) is 0 Å². The topological polar surface area (TPSA) is 132 Å². The third kappa shape index (κ3) is 5.74. The number of rotatable bonds is 5. The molecule has 0 unspecified atom stereocenters. The van der Waals surface area contributed by atoms with Crippen molar-refractivity contribution in [3.8, 4) is 11.5 Å². The Morgan fingerprint density at radius 2 is 1.90 bits per heavy atom. The summed E-state index contributed by atoms with van der Waals surface area (Å²) in [6, 6.07) is 5.95. The molecular formula is C18H15F3N6O4. The molecule has 0 aliphatic rings. The number of nitrogens with one attached hydrogen (secondary N) is 2. The van der Waals surface area contributed by atoms with Crippen LogP contribution < -0.4 is 10.6 Å². The lowest BCUT2D eigenvalue weighted by Crippen LogP contribution is -2.15. The summed E-state index contributed by atoms with van der Waals surface area (Å²) in [7, 11) is 0. The SMILES string of the molecule is CC(=O)Nc1ccc(COC(=O)Nc2ccc(-c3noc(C(F)(F)F)n3)nc2C)cn1. The average molecular weight is 436 g/mol. The summed E-state index contributed by atoms with van der Waals surface area (Å²) in [6.07, 6.45) is -4.09. The Morgan fingerprint density at radius 1 is 1.13 bits per heavy atom. The zero-order valence-corrected chi connectivity index (χ0v) is 16.1. The second kappa shape index (κ2) is 8.77. The molecule has 0 atom stereocenters. The Bertz CT molecular complexity index is 1100. The van der Waals surface area contributed by atoms with Gasteiger partial charge in [-0.3, -0.25) is 10.1 Å². The van der Waals surface area contributed by atoms with Crippen LogP contribution in [0.3, 0.4) is 0 Å². The molecule has 0 saturated heterocycles. The van der Waals surface area contributed by atoms with Crippen LogP contribution in [0.2, 0.25) is 0 Å². The van der Waals surface area contributed by atoms with Gasteiger partial charge in [-0.25, -0.2) is 14.8 Å². The number of aromatic nitrogens is 4. The molecule has 3 rings (SSSR count). The van der Waals surface area contributed by atoms with Gasteiger partial charge in [-0.15, -0.1) is 0 Å². The number of carbonyl (C=O) groups excluding carboxylic acids is 2. The quantitative estimate of drug-likeness (QED) is 0.621. The highest BCUT2D eigenvalue weighted by Gasteiger charge is 2.38. The van der Waals surface area contributed by atoms with E-state index in [2.05, 4.69) is 35.3 Å². The minimum atomic E-state index is -4.76. The zero-order chi connectivity index (χ0) is 22.6. The lowest BCUT2D eigenvalue weighted by Gasteiger charge is -2.09. The molecule has 0 aromatic carbocycles. The molecule has 0 aliphatic heterocycles. The number of ether oxygens (including phenoxy) is 1. The number of alkyl halides is 3. The van der Waals surface area contributed by atoms with E-state index in [1.54, 1.807) is 12.1 Å². The molecule has 0 saturated carbocycles. The molecule has 3 aromatic rings. The summed E-state index contributed by atoms with van der Waals surface area (Å²) in [6.45, 7) is 2.82. The molecule has 0 aliphatic carbocycles. The van der Waals surface area contributed by atoms with Gasteiger partial charge < -0.3 is 14.6 Å². The number of hydrogen-bond donors (Lipinski definition) is 2. The van der Waals surface area contributed by atoms with Gasteiger partial charge in [0.05, 0.1) is 11.4 Å². The van der Waals surface area contributed by atoms with E-state index in [1.807, 2.05) is 0 Å². The maximum absolute atomic E-state index is 12.6. The van der Waals surface area contributed by atoms with Crippen molar-refractivity contribution in [1.82, 2.24) is 20.1 Å². The average Bonchev–Trinajstić information content (AvgIpc) is 3.19. The Kier molecular flexibility index (Phi) is 6.13. The third-order valence-electron chi connectivity index (χ3n) is 3.72. The summed E-state index contributed by atoms with van der Waals surface area (Å²) >= 11 is 0. The molecule has 0 radical (unpaired) electrons. The van der Waals surface area contributed by atoms with E-state index in [-0.39, 0.29) is 29.7 Å². The monoisotopic (exact) mass is 436 g/mol. The first-order valence-corrected chi connectivity index (χ1v) is 8.67. The van der Waals surface area contributed by atoms with Crippen LogP contribution in [0.5, 0.6) is 0 Å². The van der Waals surface area contributed by atoms with Gasteiger partial charge in [0, 0.05) is 18.7 Å². The standard InChI is InChI=1S/C18H15F3N6O4/c1-9-12(4-5-13(23-9)15-26-16(31-27-15)18(19,20)21)25-17(29)30-8-11-3-6-14(22-7-11)24-10(2)28/h3-7H,8H2,1-2H3,(H,25,29)(H,22,24,28). The van der Waals surface area contributed by atoms with E-state index in [0.717, 1.165) is 0 Å². The Labute approximate surface area is 172 Å². The summed E-state index contributed by atoms with van der Waals surface area (Å²) < 4.78 is 47.0. The van der Waals surface area contributed by atoms with Crippen molar-refractivity contribution < 1.29 is 32.0 Å². The number of amides is 2. The van der Waals surface area contributed by atoms with E-state index >= 15 is 0 Å². The number of halogens is 3. The fourth-order valence-corrected chi connectivity index (χ4v) is 2.32. The maximum atomic E-state index is 12.6. The molecule has 0 fully saturated rings. The fraction of sp³-hybridized carbons (Fsp3) is 0.222. The van der Waals surface area contributed by atoms with Gasteiger partial charge in [-0.1, -0.05) is 11.2 Å². The number of carbonyl (C=O) groups is 2. The fourth-order valence-electron chi connectivity index (χ4n) is 2.32. The summed E-state index contributed by atoms with van der Waals surface area (Å²) in [4.78, 5) is 34.3. The molecule has 162 valence electrons. The number of aryl methyl sites for hydroxylation is 1. The number of anilines is 2. The van der Waals surface area contributed by atoms with Gasteiger partial charge >= 0.3 is 18.2 Å². The van der Waals surface area contributed by atoms with E-state index in [4.69, 9.17) is 4.74 Å². The van der Waals surface area contributed by atoms with Gasteiger partial charge in [-0.05, 0) is 25.1 Å². The molecular weight excluding hydrogens is 421 g/mol. The first kappa shape index (κ1) is 21.7. The van der Waals surface area contributed by atoms with E-state index < -0.39 is 18.2 Å². The first-order valence-electron chi connectivity index (χ1n) is 8.67. The summed E-state index contributed by atoms with van der Waals surface area (Å²) in [5.74, 6) is -1.70. The van der Waals surface area contributed by atoms with Crippen LogP contribution in [0.1, 0.15) is 24.1 Å². The normalized spacial score (nSPS) is 11.1. The van der Waals surface area contributed by atoms with E-state index in [9.17, 15) is 22.8 Å². The molecule has 2 N–H and O–H groups in total. The van der Waals surface area contributed by atoms with Crippen LogP contribution in [0.4, 0.5) is 29.5 Å². The molecule has 31 heavy (non-hydrogen) atoms. The largest absolute Gasteiger partial charge is 0.471 e. The van der Waals surface area contributed by atoms with Crippen molar-refractivity contribution in [3.05, 3.63) is 47.6 Å². The van der Waals surface area contributed by atoms with E-state index in [0.29, 0.717) is 17.1 Å². The van der Waals surface area contributed by atoms with Crippen molar-refractivity contribution in [2.75, 3.05) is 10.6 Å². The highest BCUT2D eigenvalue weighted by atomic mass is 19.4. The highest BCUT2D eigenvalue weighted by Crippen LogP contribution is 2.29. The Hall–Kier alpha value is -4.03. The predicted molar refractivity (Wildman–Crippen MR) is 99.6 cm³/mol. The van der Waals surface area contributed by atoms with Gasteiger partial charge in [0.25, 0.3) is 0 Å². The van der Waals surface area contributed by atoms with Crippen LogP contribution in [0.15, 0.2) is 35.0 Å². The molecule has 3 aromatic heterocycles. The van der Waals surface area contributed by atoms with Crippen molar-refractivity contribution >= 4 is 23.5 Å². The van der Waals surface area contributed by atoms with Crippen LogP contribution in [0, 0.1) is 6.92 Å². The van der Waals surface area contributed by atoms with Crippen LogP contribution in [-0.4, -0.2) is 32.1 Å². The van der Waals surface area contributed by atoms with Gasteiger partial charge in [0.15, 0.2) is 0 Å². The van der Waals surface area contributed by atoms with Crippen molar-refractivity contribution in [2.45, 2.75) is 26.6 Å². The molecule has 0 bridgehead atoms. The Morgan fingerprint density at radius 3 is 2.48 bits per heavy atom. The summed E-state index contributed by atoms with van der Waals surface area (Å²) in [5, 5.41) is 8.25. The molecule has 0 spiro atoms. The third-order valence-corrected chi connectivity index (χ3v) is 3.72. The first-order chi connectivity index (χ1) is 14.6. The van der Waals surface area contributed by atoms with Crippen molar-refractivity contribution in [2.24, 2.45) is 0 Å². The van der Waals surface area contributed by atoms with Crippen molar-refractivity contribution in [1.29, 1.82) is 0 Å². The van der Waals surface area contributed by atoms with Crippen LogP contribution in [-0.2, 0) is 22.3 Å². The van der Waals surface area contributed by atoms with Gasteiger partial charge in [0.1, 0.15) is 18.1 Å². The molecule has 10 nitrogen and oxygen atoms in total. The minimum Gasteiger partial charge on any atom is -0.444 e. The Balaban J connectivity index is 1.59. The predicted octanol–water partition coefficient (Wildman–Crippen LogP) is 3.56. The number of hydrogen-bond acceptors (Lipinski definition) is 8. The lowest BCUT2D eigenvalue weighted by molar-refractivity contribution is -0.159. The highest BCUT2D eigenvalue weighted by molar-refractivity contribution is 5.87. The lowest BCUT2D eigenvalue weighted by atomic mass is 10.2. The van der Waals surface area contributed by atoms with Gasteiger partial charge in [-0.2, -0.15) is 18.2 Å². The molecule has 13 heteroatoms. The minimum absolute atomic E-state index is 0.0426. The second-order valence-electron chi connectivity index (χ2n) is 6.18. The number of nitrogens with zero attached hydrogens (tertiary/aromatic N) is 4. The smallest absolute Gasteiger partial charge is 0.444 e. The van der Waals surface area contributed by atoms with Crippen LogP contribution in [0.25, 0.3) is 11.5 Å². The molecule has 2 amide bonds. The molecule has 3 heterocycles. The number of pyridine rings is 2. The zero-order valence-electron chi connectivity index (χ0n) is 16.1. The van der Waals surface area contributed by atoms with Crippen LogP contribution >= 0.6 is 0 Å². The maximum Gasteiger partial charge on any atom is 0.471 e. The second-order valence-corrected chi connectivity index (χ2v) is 6.18. The van der Waals surface area contributed by atoms with Gasteiger partial charge in [0.2, 0.25) is 11.7 Å². The summed E-state index contributed by atoms with van der Waals surface area (Å²) in [5.41, 5.74) is 1.22.